The zero-order valence-corrected chi connectivity index (χ0v) is 16.8. The van der Waals surface area contributed by atoms with Crippen molar-refractivity contribution in [1.29, 1.82) is 0 Å². The van der Waals surface area contributed by atoms with E-state index in [0.717, 1.165) is 21.8 Å². The largest absolute Gasteiger partial charge is 0.480 e. The molecule has 0 unspecified atom stereocenters. The van der Waals surface area contributed by atoms with Gasteiger partial charge in [-0.25, -0.2) is 0 Å². The number of benzene rings is 3. The number of fused-ring (bicyclic) bond motifs is 3. The van der Waals surface area contributed by atoms with Crippen LogP contribution >= 0.6 is 0 Å². The van der Waals surface area contributed by atoms with E-state index >= 15 is 0 Å². The van der Waals surface area contributed by atoms with Crippen LogP contribution in [0.4, 0.5) is 0 Å². The summed E-state index contributed by atoms with van der Waals surface area (Å²) in [6.45, 7) is -0.278. The van der Waals surface area contributed by atoms with Crippen LogP contribution in [0.25, 0.3) is 44.1 Å². The third kappa shape index (κ3) is 4.27. The molecule has 5 aromatic rings. The molecule has 152 valence electrons. The molecule has 0 fully saturated rings. The molecule has 0 aliphatic heterocycles. The van der Waals surface area contributed by atoms with Gasteiger partial charge in [0.25, 0.3) is 0 Å². The van der Waals surface area contributed by atoms with Crippen LogP contribution in [0.2, 0.25) is 0 Å². The second-order valence-electron chi connectivity index (χ2n) is 6.90. The second kappa shape index (κ2) is 9.15. The van der Waals surface area contributed by atoms with Crippen LogP contribution in [0.5, 0.6) is 0 Å². The van der Waals surface area contributed by atoms with Gasteiger partial charge in [0.05, 0.1) is 17.6 Å². The summed E-state index contributed by atoms with van der Waals surface area (Å²) in [4.78, 5) is 18.6. The van der Waals surface area contributed by atoms with E-state index in [1.807, 2.05) is 24.5 Å². The average molecular weight is 407 g/mol. The van der Waals surface area contributed by atoms with Gasteiger partial charge in [0.1, 0.15) is 0 Å². The Kier molecular flexibility index (Phi) is 5.96. The molecule has 0 atom stereocenters. The summed E-state index contributed by atoms with van der Waals surface area (Å²) < 4.78 is 0. The number of pyridine rings is 2. The highest BCUT2D eigenvalue weighted by Crippen LogP contribution is 2.34. The number of nitrogens with zero attached hydrogens (tertiary/aromatic N) is 2. The van der Waals surface area contributed by atoms with Crippen molar-refractivity contribution in [2.45, 2.75) is 0 Å². The van der Waals surface area contributed by atoms with Crippen molar-refractivity contribution in [3.63, 3.8) is 0 Å². The van der Waals surface area contributed by atoms with E-state index in [1.54, 1.807) is 0 Å². The fourth-order valence-corrected chi connectivity index (χ4v) is 3.57. The van der Waals surface area contributed by atoms with Crippen molar-refractivity contribution in [2.75, 3.05) is 6.54 Å². The molecular formula is C26H21N3O2. The molecule has 5 nitrogen and oxygen atoms in total. The molecule has 0 bridgehead atoms. The van der Waals surface area contributed by atoms with Crippen LogP contribution in [0.3, 0.4) is 0 Å². The molecule has 5 heteroatoms. The van der Waals surface area contributed by atoms with Gasteiger partial charge in [0.2, 0.25) is 0 Å². The predicted octanol–water partition coefficient (Wildman–Crippen LogP) is 5.15. The maximum absolute atomic E-state index is 9.24. The molecule has 0 aliphatic carbocycles. The molecule has 5 rings (SSSR count). The van der Waals surface area contributed by atoms with Crippen LogP contribution in [-0.2, 0) is 4.79 Å². The topological polar surface area (TPSA) is 89.1 Å². The lowest BCUT2D eigenvalue weighted by Crippen LogP contribution is -2.10. The van der Waals surface area contributed by atoms with Gasteiger partial charge < -0.3 is 10.8 Å². The van der Waals surface area contributed by atoms with Gasteiger partial charge >= 0.3 is 5.97 Å². The van der Waals surface area contributed by atoms with E-state index in [2.05, 4.69) is 88.5 Å². The van der Waals surface area contributed by atoms with E-state index in [0.29, 0.717) is 0 Å². The van der Waals surface area contributed by atoms with Crippen LogP contribution in [-0.4, -0.2) is 27.6 Å². The maximum Gasteiger partial charge on any atom is 0.317 e. The number of carboxylic acids is 1. The third-order valence-electron chi connectivity index (χ3n) is 4.97. The van der Waals surface area contributed by atoms with Crippen LogP contribution < -0.4 is 5.73 Å². The lowest BCUT2D eigenvalue weighted by molar-refractivity contribution is -0.135. The van der Waals surface area contributed by atoms with Gasteiger partial charge in [-0.15, -0.1) is 0 Å². The Hall–Kier alpha value is -4.09. The van der Waals surface area contributed by atoms with E-state index in [4.69, 9.17) is 5.11 Å². The van der Waals surface area contributed by atoms with Gasteiger partial charge in [0.15, 0.2) is 0 Å². The number of carboxylic acid groups (broad SMARTS) is 1. The summed E-state index contributed by atoms with van der Waals surface area (Å²) in [5.74, 6) is -0.968. The summed E-state index contributed by atoms with van der Waals surface area (Å²) >= 11 is 0. The molecule has 0 spiro atoms. The van der Waals surface area contributed by atoms with Gasteiger partial charge in [0, 0.05) is 23.2 Å². The van der Waals surface area contributed by atoms with Crippen molar-refractivity contribution in [3.05, 3.63) is 97.3 Å². The van der Waals surface area contributed by atoms with Crippen molar-refractivity contribution in [2.24, 2.45) is 5.73 Å². The molecule has 2 aromatic heterocycles. The highest BCUT2D eigenvalue weighted by atomic mass is 16.4. The summed E-state index contributed by atoms with van der Waals surface area (Å²) in [5, 5.41) is 9.85. The summed E-state index contributed by atoms with van der Waals surface area (Å²) in [6.07, 6.45) is 3.75. The minimum atomic E-state index is -0.968. The minimum absolute atomic E-state index is 0.278. The fourth-order valence-electron chi connectivity index (χ4n) is 3.57. The van der Waals surface area contributed by atoms with E-state index in [9.17, 15) is 4.79 Å². The Morgan fingerprint density at radius 2 is 1.06 bits per heavy atom. The quantitative estimate of drug-likeness (QED) is 0.404. The Morgan fingerprint density at radius 3 is 1.42 bits per heavy atom. The number of aromatic nitrogens is 2. The number of hydrogen-bond acceptors (Lipinski definition) is 4. The Balaban J connectivity index is 0.000000418. The Labute approximate surface area is 179 Å². The first-order chi connectivity index (χ1) is 15.2. The van der Waals surface area contributed by atoms with Gasteiger partial charge in [-0.1, -0.05) is 72.8 Å². The normalized spacial score (nSPS) is 10.5. The number of carbonyl (C=O) groups is 1. The molecule has 0 saturated carbocycles. The smallest absolute Gasteiger partial charge is 0.317 e. The number of nitrogens with two attached hydrogens (primary N) is 1. The van der Waals surface area contributed by atoms with Gasteiger partial charge in [-0.2, -0.15) is 0 Å². The maximum atomic E-state index is 9.24. The third-order valence-corrected chi connectivity index (χ3v) is 4.97. The molecule has 3 aromatic carbocycles. The van der Waals surface area contributed by atoms with Crippen LogP contribution in [0, 0.1) is 0 Å². The summed E-state index contributed by atoms with van der Waals surface area (Å²) in [5.41, 5.74) is 11.2. The van der Waals surface area contributed by atoms with Crippen LogP contribution in [0.1, 0.15) is 0 Å². The van der Waals surface area contributed by atoms with E-state index < -0.39 is 5.97 Å². The van der Waals surface area contributed by atoms with Crippen LogP contribution in [0.15, 0.2) is 97.3 Å². The zero-order chi connectivity index (χ0) is 21.6. The van der Waals surface area contributed by atoms with Crippen molar-refractivity contribution < 1.29 is 9.90 Å². The fraction of sp³-hybridized carbons (Fsp3) is 0.0385. The van der Waals surface area contributed by atoms with Crippen molar-refractivity contribution >= 4 is 27.8 Å². The molecule has 2 heterocycles. The van der Waals surface area contributed by atoms with E-state index in [1.165, 1.54) is 22.3 Å². The molecule has 3 N–H and O–H groups in total. The minimum Gasteiger partial charge on any atom is -0.480 e. The molecule has 0 saturated heterocycles. The lowest BCUT2D eigenvalue weighted by atomic mass is 9.97. The monoisotopic (exact) mass is 407 g/mol. The van der Waals surface area contributed by atoms with Gasteiger partial charge in [-0.05, 0) is 34.4 Å². The first-order valence-corrected chi connectivity index (χ1v) is 9.88. The molecule has 0 amide bonds. The first-order valence-electron chi connectivity index (χ1n) is 9.88. The standard InChI is InChI=1S/C24H16N2.C2H5NO2/c1-3-7-17(8-4-1)19-13-15-25-23-21(19)11-12-22-20(14-16-26-24(22)23)18-9-5-2-6-10-18;3-1-2(4)5/h1-16H;1,3H2,(H,4,5). The first kappa shape index (κ1) is 20.2. The number of rotatable bonds is 3. The molecule has 0 radical (unpaired) electrons. The average Bonchev–Trinajstić information content (AvgIpc) is 2.84. The predicted molar refractivity (Wildman–Crippen MR) is 125 cm³/mol. The zero-order valence-electron chi connectivity index (χ0n) is 16.8. The molecule has 31 heavy (non-hydrogen) atoms. The van der Waals surface area contributed by atoms with Gasteiger partial charge in [-0.3, -0.25) is 14.8 Å². The summed E-state index contributed by atoms with van der Waals surface area (Å²) in [7, 11) is 0. The Morgan fingerprint density at radius 1 is 0.677 bits per heavy atom. The number of hydrogen-bond donors (Lipinski definition) is 2. The van der Waals surface area contributed by atoms with Crippen molar-refractivity contribution in [3.8, 4) is 22.3 Å². The van der Waals surface area contributed by atoms with E-state index in [-0.39, 0.29) is 6.54 Å². The SMILES string of the molecule is NCC(=O)O.c1ccc(-c2ccnc3c2ccc2c(-c4ccccc4)ccnc23)cc1. The molecule has 0 aliphatic rings. The highest BCUT2D eigenvalue weighted by molar-refractivity contribution is 6.11. The lowest BCUT2D eigenvalue weighted by Gasteiger charge is -2.11. The highest BCUT2D eigenvalue weighted by Gasteiger charge is 2.11. The second-order valence-corrected chi connectivity index (χ2v) is 6.90. The summed E-state index contributed by atoms with van der Waals surface area (Å²) in [6, 6.07) is 29.3. The number of aliphatic carboxylic acids is 1. The Bertz CT molecular complexity index is 1240. The van der Waals surface area contributed by atoms with Crippen molar-refractivity contribution in [1.82, 2.24) is 9.97 Å². The molecular weight excluding hydrogens is 386 g/mol.